The van der Waals surface area contributed by atoms with Gasteiger partial charge in [0.1, 0.15) is 5.69 Å². The Morgan fingerprint density at radius 2 is 1.70 bits per heavy atom. The van der Waals surface area contributed by atoms with Crippen LogP contribution >= 0.6 is 11.6 Å². The summed E-state index contributed by atoms with van der Waals surface area (Å²) in [5, 5.41) is 9.38. The molecule has 0 aliphatic rings. The van der Waals surface area contributed by atoms with Crippen molar-refractivity contribution in [1.82, 2.24) is 15.0 Å². The molecule has 0 spiro atoms. The largest absolute Gasteiger partial charge is 0.247 e. The minimum absolute atomic E-state index is 0.649. The van der Waals surface area contributed by atoms with Gasteiger partial charge in [0.25, 0.3) is 0 Å². The van der Waals surface area contributed by atoms with Crippen LogP contribution in [0.25, 0.3) is 6.08 Å². The number of hydrogen-bond donors (Lipinski definition) is 0. The summed E-state index contributed by atoms with van der Waals surface area (Å²) in [5.41, 5.74) is 2.02. The molecule has 0 aliphatic carbocycles. The van der Waals surface area contributed by atoms with E-state index >= 15 is 0 Å². The quantitative estimate of drug-likeness (QED) is 0.690. The Balaban J connectivity index is 2.28. The van der Waals surface area contributed by atoms with Gasteiger partial charge >= 0.3 is 0 Å². The van der Waals surface area contributed by atoms with E-state index in [0.717, 1.165) is 16.3 Å². The minimum Gasteiger partial charge on any atom is -0.247 e. The van der Waals surface area contributed by atoms with E-state index in [2.05, 4.69) is 55.7 Å². The zero-order valence-corrected chi connectivity index (χ0v) is 17.6. The summed E-state index contributed by atoms with van der Waals surface area (Å²) >= 11 is 6.22. The molecule has 0 amide bonds. The van der Waals surface area contributed by atoms with E-state index in [1.807, 2.05) is 35.1 Å². The molecule has 0 aliphatic heterocycles. The van der Waals surface area contributed by atoms with E-state index in [1.54, 1.807) is 4.82 Å². The molecule has 6 heteroatoms. The fourth-order valence-corrected chi connectivity index (χ4v) is 13.3. The number of halogens is 1. The van der Waals surface area contributed by atoms with Crippen LogP contribution in [0, 0.1) is 0 Å². The highest BCUT2D eigenvalue weighted by atomic mass is 35.5. The average molecular weight is 364 g/mol. The molecule has 1 heterocycles. The van der Waals surface area contributed by atoms with Crippen molar-refractivity contribution in [2.24, 2.45) is 0 Å². The van der Waals surface area contributed by atoms with Gasteiger partial charge in [0.15, 0.2) is 0 Å². The van der Waals surface area contributed by atoms with Crippen molar-refractivity contribution < 1.29 is 0 Å². The molecule has 0 bridgehead atoms. The van der Waals surface area contributed by atoms with Gasteiger partial charge in [-0.05, 0) is 17.7 Å². The lowest BCUT2D eigenvalue weighted by Gasteiger charge is -2.31. The zero-order chi connectivity index (χ0) is 17.3. The van der Waals surface area contributed by atoms with Gasteiger partial charge in [-0.15, -0.1) is 5.10 Å². The highest BCUT2D eigenvalue weighted by Gasteiger charge is 2.30. The number of aromatic nitrogens is 3. The highest BCUT2D eigenvalue weighted by molar-refractivity contribution is 7.05. The molecule has 0 saturated heterocycles. The first-order chi connectivity index (χ1) is 10.6. The predicted molar refractivity (Wildman–Crippen MR) is 105 cm³/mol. The summed E-state index contributed by atoms with van der Waals surface area (Å²) in [7, 11) is -2.71. The molecule has 0 saturated carbocycles. The van der Waals surface area contributed by atoms with Crippen molar-refractivity contribution in [2.45, 2.75) is 45.8 Å². The standard InChI is InChI=1S/C17H26ClN3Si2/c1-22(2,3)17(23(4,5)6)11-15-13-21(20-19-15)12-14-9-7-8-10-16(14)18/h7-11,13H,12H2,1-6H3. The second-order valence-electron chi connectivity index (χ2n) is 7.99. The van der Waals surface area contributed by atoms with Crippen LogP contribution in [-0.2, 0) is 6.54 Å². The second kappa shape index (κ2) is 6.75. The summed E-state index contributed by atoms with van der Waals surface area (Å²) < 4.78 is 1.86. The molecule has 0 fully saturated rings. The maximum Gasteiger partial charge on any atom is 0.105 e. The van der Waals surface area contributed by atoms with Crippen molar-refractivity contribution in [2.75, 3.05) is 0 Å². The van der Waals surface area contributed by atoms with Gasteiger partial charge in [-0.3, -0.25) is 0 Å². The second-order valence-corrected chi connectivity index (χ2v) is 19.0. The lowest BCUT2D eigenvalue weighted by atomic mass is 10.2. The van der Waals surface area contributed by atoms with Crippen molar-refractivity contribution in [3.63, 3.8) is 0 Å². The molecule has 124 valence electrons. The molecule has 2 aromatic rings. The van der Waals surface area contributed by atoms with Gasteiger partial charge in [0, 0.05) is 5.02 Å². The molecular formula is C17H26ClN3Si2. The zero-order valence-electron chi connectivity index (χ0n) is 14.9. The Morgan fingerprint density at radius 3 is 2.26 bits per heavy atom. The lowest BCUT2D eigenvalue weighted by molar-refractivity contribution is 0.650. The molecule has 3 nitrogen and oxygen atoms in total. The van der Waals surface area contributed by atoms with Crippen LogP contribution < -0.4 is 0 Å². The van der Waals surface area contributed by atoms with E-state index in [9.17, 15) is 0 Å². The Labute approximate surface area is 146 Å². The van der Waals surface area contributed by atoms with Crippen LogP contribution in [0.2, 0.25) is 44.3 Å². The van der Waals surface area contributed by atoms with Crippen LogP contribution in [0.4, 0.5) is 0 Å². The molecule has 2 rings (SSSR count). The molecule has 0 radical (unpaired) electrons. The number of hydrogen-bond acceptors (Lipinski definition) is 2. The van der Waals surface area contributed by atoms with Crippen LogP contribution in [0.5, 0.6) is 0 Å². The van der Waals surface area contributed by atoms with Crippen LogP contribution in [0.15, 0.2) is 35.3 Å². The molecule has 1 aromatic heterocycles. The van der Waals surface area contributed by atoms with Gasteiger partial charge in [0.05, 0.1) is 28.9 Å². The van der Waals surface area contributed by atoms with Crippen molar-refractivity contribution in [1.29, 1.82) is 0 Å². The van der Waals surface area contributed by atoms with Crippen molar-refractivity contribution in [3.05, 3.63) is 51.6 Å². The number of nitrogens with zero attached hydrogens (tertiary/aromatic N) is 3. The van der Waals surface area contributed by atoms with Gasteiger partial charge in [-0.1, -0.05) is 79.1 Å². The highest BCUT2D eigenvalue weighted by Crippen LogP contribution is 2.27. The summed E-state index contributed by atoms with van der Waals surface area (Å²) in [4.78, 5) is 1.63. The summed E-state index contributed by atoms with van der Waals surface area (Å²) in [6.07, 6.45) is 4.30. The van der Waals surface area contributed by atoms with E-state index in [1.165, 1.54) is 0 Å². The number of benzene rings is 1. The Kier molecular flexibility index (Phi) is 5.33. The topological polar surface area (TPSA) is 30.7 Å². The maximum atomic E-state index is 6.22. The third-order valence-corrected chi connectivity index (χ3v) is 12.1. The maximum absolute atomic E-state index is 6.22. The molecular weight excluding hydrogens is 338 g/mol. The number of rotatable bonds is 5. The first kappa shape index (κ1) is 18.2. The predicted octanol–water partition coefficient (Wildman–Crippen LogP) is 5.12. The van der Waals surface area contributed by atoms with Gasteiger partial charge < -0.3 is 0 Å². The fourth-order valence-electron chi connectivity index (χ4n) is 2.96. The van der Waals surface area contributed by atoms with E-state index in [-0.39, 0.29) is 0 Å². The van der Waals surface area contributed by atoms with E-state index in [4.69, 9.17) is 11.6 Å². The molecule has 0 N–H and O–H groups in total. The smallest absolute Gasteiger partial charge is 0.105 e. The third kappa shape index (κ3) is 4.90. The average Bonchev–Trinajstić information content (AvgIpc) is 2.84. The van der Waals surface area contributed by atoms with Crippen LogP contribution in [-0.4, -0.2) is 31.1 Å². The molecule has 23 heavy (non-hydrogen) atoms. The van der Waals surface area contributed by atoms with E-state index in [0.29, 0.717) is 6.54 Å². The SMILES string of the molecule is C[Si](C)(C)C(=Cc1cn(Cc2ccccc2Cl)nn1)[Si](C)(C)C. The van der Waals surface area contributed by atoms with Crippen LogP contribution in [0.1, 0.15) is 11.3 Å². The monoisotopic (exact) mass is 363 g/mol. The van der Waals surface area contributed by atoms with Gasteiger partial charge in [0.2, 0.25) is 0 Å². The minimum atomic E-state index is -1.35. The molecule has 0 atom stereocenters. The summed E-state index contributed by atoms with van der Waals surface area (Å²) in [6, 6.07) is 7.86. The first-order valence-electron chi connectivity index (χ1n) is 7.93. The Hall–Kier alpha value is -1.18. The van der Waals surface area contributed by atoms with Crippen LogP contribution in [0.3, 0.4) is 0 Å². The van der Waals surface area contributed by atoms with Crippen molar-refractivity contribution >= 4 is 33.8 Å². The summed E-state index contributed by atoms with van der Waals surface area (Å²) in [6.45, 7) is 15.1. The van der Waals surface area contributed by atoms with E-state index < -0.39 is 16.1 Å². The summed E-state index contributed by atoms with van der Waals surface area (Å²) in [5.74, 6) is 0. The van der Waals surface area contributed by atoms with Gasteiger partial charge in [-0.2, -0.15) is 0 Å². The fraction of sp³-hybridized carbons (Fsp3) is 0.412. The molecule has 0 unspecified atom stereocenters. The van der Waals surface area contributed by atoms with Crippen molar-refractivity contribution in [3.8, 4) is 0 Å². The Bertz CT molecular complexity index is 693. The van der Waals surface area contributed by atoms with Gasteiger partial charge in [-0.25, -0.2) is 4.68 Å². The third-order valence-electron chi connectivity index (χ3n) is 3.75. The first-order valence-corrected chi connectivity index (χ1v) is 15.3. The molecule has 1 aromatic carbocycles. The normalized spacial score (nSPS) is 12.3. The lowest BCUT2D eigenvalue weighted by Crippen LogP contribution is -2.39. The Morgan fingerprint density at radius 1 is 1.09 bits per heavy atom.